The molecule has 0 aromatic heterocycles. The van der Waals surface area contributed by atoms with E-state index in [-0.39, 0.29) is 44.1 Å². The van der Waals surface area contributed by atoms with Crippen LogP contribution >= 0.6 is 0 Å². The molecule has 12 N–H and O–H groups in total. The SMILES string of the molecule is COC1CCCCC1C=CC(=O)OC[C@H]1O[C@@H](OC[C@H]2O[C@@H](OC3CC4C(O)CC(O)CC4OC3C3CCC(O)C(O)C3)[C@H](O[C@@H]3OC[C@@H](O)[C@H](O)[C@H]3O)[C@@H](O)[C@H]2O)[C@H](O)[C@@H](O)[C@@H]1O. The standard InChI is InChI=1S/C42H68O22/c1-56-25-5-3-2-4-17(25)7-9-30(48)57-15-28-32(50)34(52)37(55)40(62-28)59-16-29-33(51)35(53)39(64-41-36(54)31(49)24(47)14-58-41)42(63-29)61-27-13-20-22(45)11-19(43)12-26(20)60-38(27)18-6-8-21(44)23(46)10-18/h7,9,17-29,31-47,49-55H,2-6,8,10-16H2,1H3/t17?,18?,19?,20?,21?,22?,23?,24-,25?,26?,27?,28-,29-,31+,32-,33+,34+,35+,36-,37-,38?,39-,40-,41+,42-/m1/s1. The molecule has 0 radical (unpaired) electrons. The molecule has 22 nitrogen and oxygen atoms in total. The van der Waals surface area contributed by atoms with Gasteiger partial charge in [0.25, 0.3) is 0 Å². The van der Waals surface area contributed by atoms with Gasteiger partial charge in [0.15, 0.2) is 18.9 Å². The highest BCUT2D eigenvalue weighted by molar-refractivity contribution is 5.81. The molecule has 64 heavy (non-hydrogen) atoms. The maximum absolute atomic E-state index is 12.6. The lowest BCUT2D eigenvalue weighted by Gasteiger charge is -2.51. The molecule has 25 atom stereocenters. The summed E-state index contributed by atoms with van der Waals surface area (Å²) in [5.41, 5.74) is 0. The first-order chi connectivity index (χ1) is 30.5. The Bertz CT molecular complexity index is 1510. The number of esters is 1. The van der Waals surface area contributed by atoms with E-state index in [0.29, 0.717) is 6.42 Å². The second-order valence-electron chi connectivity index (χ2n) is 18.5. The van der Waals surface area contributed by atoms with Crippen molar-refractivity contribution in [2.75, 3.05) is 26.9 Å². The van der Waals surface area contributed by atoms with Gasteiger partial charge in [0.2, 0.25) is 0 Å². The van der Waals surface area contributed by atoms with Crippen LogP contribution in [0.4, 0.5) is 0 Å². The molecule has 3 saturated carbocycles. The Morgan fingerprint density at radius 2 is 1.31 bits per heavy atom. The molecule has 368 valence electrons. The number of aliphatic hydroxyl groups excluding tert-OH is 12. The van der Waals surface area contributed by atoms with Crippen molar-refractivity contribution in [2.45, 2.75) is 199 Å². The van der Waals surface area contributed by atoms with Crippen LogP contribution in [-0.2, 0) is 47.4 Å². The van der Waals surface area contributed by atoms with E-state index in [2.05, 4.69) is 0 Å². The van der Waals surface area contributed by atoms with Crippen LogP contribution in [0.3, 0.4) is 0 Å². The largest absolute Gasteiger partial charge is 0.460 e. The molecule has 4 heterocycles. The smallest absolute Gasteiger partial charge is 0.330 e. The van der Waals surface area contributed by atoms with E-state index >= 15 is 0 Å². The van der Waals surface area contributed by atoms with E-state index in [9.17, 15) is 66.1 Å². The van der Waals surface area contributed by atoms with Crippen LogP contribution < -0.4 is 0 Å². The number of carbonyl (C=O) groups is 1. The summed E-state index contributed by atoms with van der Waals surface area (Å²) in [5, 5.41) is 129. The van der Waals surface area contributed by atoms with Gasteiger partial charge in [-0.15, -0.1) is 0 Å². The van der Waals surface area contributed by atoms with Gasteiger partial charge in [0, 0.05) is 25.0 Å². The van der Waals surface area contributed by atoms with Crippen molar-refractivity contribution < 1.29 is 109 Å². The zero-order valence-electron chi connectivity index (χ0n) is 35.7. The lowest BCUT2D eigenvalue weighted by atomic mass is 9.72. The van der Waals surface area contributed by atoms with Gasteiger partial charge in [-0.1, -0.05) is 18.9 Å². The lowest BCUT2D eigenvalue weighted by Crippen LogP contribution is -2.65. The first-order valence-electron chi connectivity index (χ1n) is 22.6. The molecular formula is C42H68O22. The highest BCUT2D eigenvalue weighted by Crippen LogP contribution is 2.44. The van der Waals surface area contributed by atoms with Crippen molar-refractivity contribution in [3.8, 4) is 0 Å². The Hall–Kier alpha value is -1.59. The van der Waals surface area contributed by atoms with E-state index in [1.165, 1.54) is 6.08 Å². The highest BCUT2D eigenvalue weighted by Gasteiger charge is 2.55. The van der Waals surface area contributed by atoms with Gasteiger partial charge >= 0.3 is 5.97 Å². The maximum Gasteiger partial charge on any atom is 0.330 e. The van der Waals surface area contributed by atoms with Gasteiger partial charge < -0.3 is 104 Å². The van der Waals surface area contributed by atoms with Crippen LogP contribution in [-0.4, -0.2) is 229 Å². The second kappa shape index (κ2) is 22.2. The van der Waals surface area contributed by atoms with E-state index in [4.69, 9.17) is 42.6 Å². The zero-order valence-corrected chi connectivity index (χ0v) is 35.7. The van der Waals surface area contributed by atoms with Crippen LogP contribution in [0, 0.1) is 17.8 Å². The molecule has 0 aromatic carbocycles. The third-order valence-electron chi connectivity index (χ3n) is 14.2. The van der Waals surface area contributed by atoms with Crippen LogP contribution in [0.25, 0.3) is 0 Å². The second-order valence-corrected chi connectivity index (χ2v) is 18.5. The van der Waals surface area contributed by atoms with Gasteiger partial charge in [-0.25, -0.2) is 4.79 Å². The zero-order chi connectivity index (χ0) is 46.0. The average Bonchev–Trinajstić information content (AvgIpc) is 3.27. The summed E-state index contributed by atoms with van der Waals surface area (Å²) >= 11 is 0. The first-order valence-corrected chi connectivity index (χ1v) is 22.6. The highest BCUT2D eigenvalue weighted by atomic mass is 16.8. The van der Waals surface area contributed by atoms with Crippen LogP contribution in [0.15, 0.2) is 12.2 Å². The molecular weight excluding hydrogens is 856 g/mol. The van der Waals surface area contributed by atoms with E-state index < -0.39 is 166 Å². The summed E-state index contributed by atoms with van der Waals surface area (Å²) in [5.74, 6) is -1.65. The topological polar surface area (TPSA) is 343 Å². The lowest BCUT2D eigenvalue weighted by molar-refractivity contribution is -0.376. The molecule has 11 unspecified atom stereocenters. The summed E-state index contributed by atoms with van der Waals surface area (Å²) < 4.78 is 53.1. The fourth-order valence-corrected chi connectivity index (χ4v) is 10.4. The van der Waals surface area contributed by atoms with Gasteiger partial charge in [-0.05, 0) is 57.3 Å². The molecule has 7 fully saturated rings. The number of fused-ring (bicyclic) bond motifs is 1. The Morgan fingerprint density at radius 1 is 0.609 bits per heavy atom. The third-order valence-corrected chi connectivity index (χ3v) is 14.2. The minimum absolute atomic E-state index is 0.0138. The maximum atomic E-state index is 12.6. The fraction of sp³-hybridized carbons (Fsp3) is 0.929. The molecule has 0 amide bonds. The molecule has 0 spiro atoms. The van der Waals surface area contributed by atoms with Crippen LogP contribution in [0.5, 0.6) is 0 Å². The number of carbonyl (C=O) groups excluding carboxylic acids is 1. The molecule has 3 aliphatic carbocycles. The number of hydrogen-bond acceptors (Lipinski definition) is 22. The average molecular weight is 925 g/mol. The van der Waals surface area contributed by atoms with Crippen LogP contribution in [0.1, 0.15) is 64.2 Å². The van der Waals surface area contributed by atoms with Crippen molar-refractivity contribution in [1.82, 2.24) is 0 Å². The summed E-state index contributed by atoms with van der Waals surface area (Å²) in [6.07, 6.45) is -22.1. The van der Waals surface area contributed by atoms with Crippen molar-refractivity contribution in [2.24, 2.45) is 17.8 Å². The molecule has 0 bridgehead atoms. The molecule has 4 aliphatic heterocycles. The van der Waals surface area contributed by atoms with Gasteiger partial charge in [-0.2, -0.15) is 0 Å². The molecule has 0 aromatic rings. The minimum Gasteiger partial charge on any atom is -0.460 e. The molecule has 22 heteroatoms. The van der Waals surface area contributed by atoms with Crippen molar-refractivity contribution in [1.29, 1.82) is 0 Å². The third kappa shape index (κ3) is 11.5. The van der Waals surface area contributed by atoms with E-state index in [0.717, 1.165) is 25.7 Å². The predicted octanol–water partition coefficient (Wildman–Crippen LogP) is -4.42. The number of ether oxygens (including phenoxy) is 9. The molecule has 7 aliphatic rings. The first kappa shape index (κ1) is 50.3. The predicted molar refractivity (Wildman–Crippen MR) is 211 cm³/mol. The van der Waals surface area contributed by atoms with E-state index in [1.54, 1.807) is 13.2 Å². The number of rotatable bonds is 13. The van der Waals surface area contributed by atoms with Crippen LogP contribution in [0.2, 0.25) is 0 Å². The Labute approximate surface area is 370 Å². The number of methoxy groups -OCH3 is 1. The van der Waals surface area contributed by atoms with Crippen molar-refractivity contribution in [3.05, 3.63) is 12.2 Å². The molecule has 4 saturated heterocycles. The Balaban J connectivity index is 1.06. The molecule has 7 rings (SSSR count). The number of hydrogen-bond donors (Lipinski definition) is 12. The number of aliphatic hydroxyl groups is 12. The Morgan fingerprint density at radius 3 is 2.06 bits per heavy atom. The van der Waals surface area contributed by atoms with Gasteiger partial charge in [0.1, 0.15) is 73.8 Å². The van der Waals surface area contributed by atoms with Crippen molar-refractivity contribution in [3.63, 3.8) is 0 Å². The normalized spacial score (nSPS) is 50.5. The van der Waals surface area contributed by atoms with E-state index in [1.807, 2.05) is 0 Å². The monoisotopic (exact) mass is 924 g/mol. The van der Waals surface area contributed by atoms with Crippen molar-refractivity contribution >= 4 is 5.97 Å². The summed E-state index contributed by atoms with van der Waals surface area (Å²) in [7, 11) is 1.61. The minimum atomic E-state index is -1.90. The quantitative estimate of drug-likeness (QED) is 0.0613. The Kier molecular flexibility index (Phi) is 17.5. The summed E-state index contributed by atoms with van der Waals surface area (Å²) in [6, 6.07) is 0. The summed E-state index contributed by atoms with van der Waals surface area (Å²) in [6.45, 7) is -1.66. The fourth-order valence-electron chi connectivity index (χ4n) is 10.4. The summed E-state index contributed by atoms with van der Waals surface area (Å²) in [4.78, 5) is 12.6. The van der Waals surface area contributed by atoms with Gasteiger partial charge in [-0.3, -0.25) is 0 Å². The van der Waals surface area contributed by atoms with Gasteiger partial charge in [0.05, 0.1) is 62.0 Å².